The molecule has 1 atom stereocenters. The lowest BCUT2D eigenvalue weighted by atomic mass is 9.84. The summed E-state index contributed by atoms with van der Waals surface area (Å²) in [5.41, 5.74) is 0. The summed E-state index contributed by atoms with van der Waals surface area (Å²) < 4.78 is 0. The molecule has 1 saturated carbocycles. The van der Waals surface area contributed by atoms with Gasteiger partial charge in [-0.15, -0.1) is 0 Å². The van der Waals surface area contributed by atoms with Crippen LogP contribution in [0, 0.1) is 11.8 Å². The normalized spacial score (nSPS) is 19.1. The van der Waals surface area contributed by atoms with Gasteiger partial charge in [-0.25, -0.2) is 0 Å². The van der Waals surface area contributed by atoms with Gasteiger partial charge in [-0.2, -0.15) is 0 Å². The highest BCUT2D eigenvalue weighted by Gasteiger charge is 2.24. The molecule has 1 aliphatic rings. The number of likely N-dealkylation sites (N-methyl/N-ethyl adjacent to an activating group) is 1. The standard InChI is InChI=1S/C14H30N2/c1-5-9-15-10-14(12(2)3)16(4)11-13-7-6-8-13/h12-15H,5-11H2,1-4H3. The highest BCUT2D eigenvalue weighted by atomic mass is 15.2. The van der Waals surface area contributed by atoms with E-state index in [9.17, 15) is 0 Å². The van der Waals surface area contributed by atoms with Crippen molar-refractivity contribution in [1.29, 1.82) is 0 Å². The van der Waals surface area contributed by atoms with Crippen LogP contribution in [0.3, 0.4) is 0 Å². The van der Waals surface area contributed by atoms with Gasteiger partial charge in [-0.05, 0) is 44.7 Å². The van der Waals surface area contributed by atoms with E-state index >= 15 is 0 Å². The van der Waals surface area contributed by atoms with Crippen LogP contribution >= 0.6 is 0 Å². The molecule has 0 bridgehead atoms. The number of hydrogen-bond donors (Lipinski definition) is 1. The molecule has 0 heterocycles. The summed E-state index contributed by atoms with van der Waals surface area (Å²) in [6.45, 7) is 10.5. The zero-order valence-corrected chi connectivity index (χ0v) is 11.6. The Hall–Kier alpha value is -0.0800. The molecule has 2 nitrogen and oxygen atoms in total. The van der Waals surface area contributed by atoms with Crippen molar-refractivity contribution in [3.05, 3.63) is 0 Å². The van der Waals surface area contributed by atoms with Crippen LogP contribution in [0.15, 0.2) is 0 Å². The fourth-order valence-electron chi connectivity index (χ4n) is 2.55. The van der Waals surface area contributed by atoms with E-state index in [1.165, 1.54) is 32.2 Å². The Morgan fingerprint density at radius 2 is 2.00 bits per heavy atom. The van der Waals surface area contributed by atoms with Crippen LogP contribution in [0.5, 0.6) is 0 Å². The largest absolute Gasteiger partial charge is 0.315 e. The van der Waals surface area contributed by atoms with E-state index in [4.69, 9.17) is 0 Å². The van der Waals surface area contributed by atoms with Gasteiger partial charge in [0.1, 0.15) is 0 Å². The van der Waals surface area contributed by atoms with Crippen LogP contribution in [0.25, 0.3) is 0 Å². The highest BCUT2D eigenvalue weighted by Crippen LogP contribution is 2.27. The molecule has 0 aromatic carbocycles. The van der Waals surface area contributed by atoms with Gasteiger partial charge in [0.05, 0.1) is 0 Å². The minimum absolute atomic E-state index is 0.701. The van der Waals surface area contributed by atoms with Crippen LogP contribution < -0.4 is 5.32 Å². The molecule has 2 heteroatoms. The Labute approximate surface area is 102 Å². The first-order valence-corrected chi connectivity index (χ1v) is 7.06. The summed E-state index contributed by atoms with van der Waals surface area (Å²) in [6, 6.07) is 0.701. The van der Waals surface area contributed by atoms with Gasteiger partial charge < -0.3 is 10.2 Å². The van der Waals surface area contributed by atoms with Crippen LogP contribution in [0.2, 0.25) is 0 Å². The SMILES string of the molecule is CCCNCC(C(C)C)N(C)CC1CCC1. The lowest BCUT2D eigenvalue weighted by molar-refractivity contribution is 0.132. The minimum Gasteiger partial charge on any atom is -0.315 e. The third kappa shape index (κ3) is 4.42. The molecule has 0 spiro atoms. The topological polar surface area (TPSA) is 15.3 Å². The fourth-order valence-corrected chi connectivity index (χ4v) is 2.55. The molecule has 1 aliphatic carbocycles. The van der Waals surface area contributed by atoms with E-state index in [2.05, 4.69) is 38.0 Å². The first-order chi connectivity index (χ1) is 7.65. The first-order valence-electron chi connectivity index (χ1n) is 7.06. The molecule has 16 heavy (non-hydrogen) atoms. The third-order valence-electron chi connectivity index (χ3n) is 3.89. The number of hydrogen-bond acceptors (Lipinski definition) is 2. The van der Waals surface area contributed by atoms with Crippen molar-refractivity contribution in [2.75, 3.05) is 26.7 Å². The first kappa shape index (κ1) is 14.0. The van der Waals surface area contributed by atoms with Gasteiger partial charge in [0.15, 0.2) is 0 Å². The van der Waals surface area contributed by atoms with E-state index in [-0.39, 0.29) is 0 Å². The zero-order valence-electron chi connectivity index (χ0n) is 11.6. The smallest absolute Gasteiger partial charge is 0.0240 e. The molecule has 0 amide bonds. The second kappa shape index (κ2) is 7.29. The van der Waals surface area contributed by atoms with Crippen molar-refractivity contribution in [1.82, 2.24) is 10.2 Å². The van der Waals surface area contributed by atoms with Gasteiger partial charge in [0, 0.05) is 19.1 Å². The van der Waals surface area contributed by atoms with Gasteiger partial charge in [0.2, 0.25) is 0 Å². The summed E-state index contributed by atoms with van der Waals surface area (Å²) in [4.78, 5) is 2.58. The van der Waals surface area contributed by atoms with Crippen LogP contribution in [-0.4, -0.2) is 37.6 Å². The average molecular weight is 226 g/mol. The summed E-state index contributed by atoms with van der Waals surface area (Å²) >= 11 is 0. The molecule has 0 saturated heterocycles. The van der Waals surface area contributed by atoms with Gasteiger partial charge >= 0.3 is 0 Å². The summed E-state index contributed by atoms with van der Waals surface area (Å²) in [7, 11) is 2.30. The van der Waals surface area contributed by atoms with E-state index in [1.54, 1.807) is 0 Å². The molecule has 0 aromatic heterocycles. The Balaban J connectivity index is 2.28. The van der Waals surface area contributed by atoms with Crippen molar-refractivity contribution in [2.45, 2.75) is 52.5 Å². The molecule has 96 valence electrons. The number of nitrogens with one attached hydrogen (secondary N) is 1. The zero-order chi connectivity index (χ0) is 12.0. The fraction of sp³-hybridized carbons (Fsp3) is 1.00. The Kier molecular flexibility index (Phi) is 6.37. The maximum absolute atomic E-state index is 3.57. The molecule has 0 aromatic rings. The maximum Gasteiger partial charge on any atom is 0.0240 e. The Bertz CT molecular complexity index is 176. The number of nitrogens with zero attached hydrogens (tertiary/aromatic N) is 1. The molecule has 0 aliphatic heterocycles. The van der Waals surface area contributed by atoms with Crippen molar-refractivity contribution < 1.29 is 0 Å². The van der Waals surface area contributed by atoms with Crippen LogP contribution in [-0.2, 0) is 0 Å². The highest BCUT2D eigenvalue weighted by molar-refractivity contribution is 4.79. The Morgan fingerprint density at radius 1 is 1.31 bits per heavy atom. The molecular weight excluding hydrogens is 196 g/mol. The second-order valence-corrected chi connectivity index (χ2v) is 5.75. The third-order valence-corrected chi connectivity index (χ3v) is 3.89. The van der Waals surface area contributed by atoms with Crippen molar-refractivity contribution in [3.63, 3.8) is 0 Å². The summed E-state index contributed by atoms with van der Waals surface area (Å²) in [5, 5.41) is 3.57. The van der Waals surface area contributed by atoms with Gasteiger partial charge in [-0.3, -0.25) is 0 Å². The quantitative estimate of drug-likeness (QED) is 0.640. The molecule has 1 unspecified atom stereocenters. The van der Waals surface area contributed by atoms with Crippen molar-refractivity contribution in [2.24, 2.45) is 11.8 Å². The lowest BCUT2D eigenvalue weighted by Crippen LogP contribution is -2.46. The average Bonchev–Trinajstić information content (AvgIpc) is 2.17. The van der Waals surface area contributed by atoms with Crippen molar-refractivity contribution >= 4 is 0 Å². The van der Waals surface area contributed by atoms with E-state index < -0.39 is 0 Å². The van der Waals surface area contributed by atoms with Crippen LogP contribution in [0.1, 0.15) is 46.5 Å². The van der Waals surface area contributed by atoms with E-state index in [0.29, 0.717) is 6.04 Å². The van der Waals surface area contributed by atoms with Gasteiger partial charge in [0.25, 0.3) is 0 Å². The Morgan fingerprint density at radius 3 is 2.44 bits per heavy atom. The van der Waals surface area contributed by atoms with E-state index in [1.807, 2.05) is 0 Å². The molecule has 1 rings (SSSR count). The van der Waals surface area contributed by atoms with E-state index in [0.717, 1.165) is 24.9 Å². The predicted octanol–water partition coefficient (Wildman–Crippen LogP) is 2.74. The predicted molar refractivity (Wildman–Crippen MR) is 71.8 cm³/mol. The van der Waals surface area contributed by atoms with Gasteiger partial charge in [-0.1, -0.05) is 27.2 Å². The second-order valence-electron chi connectivity index (χ2n) is 5.75. The molecular formula is C14H30N2. The number of rotatable bonds is 8. The maximum atomic E-state index is 3.57. The molecule has 0 radical (unpaired) electrons. The van der Waals surface area contributed by atoms with Crippen LogP contribution in [0.4, 0.5) is 0 Å². The molecule has 1 N–H and O–H groups in total. The summed E-state index contributed by atoms with van der Waals surface area (Å²) in [6.07, 6.45) is 5.60. The lowest BCUT2D eigenvalue weighted by Gasteiger charge is -2.37. The monoisotopic (exact) mass is 226 g/mol. The molecule has 1 fully saturated rings. The minimum atomic E-state index is 0.701. The summed E-state index contributed by atoms with van der Waals surface area (Å²) in [5.74, 6) is 1.73. The van der Waals surface area contributed by atoms with Crippen molar-refractivity contribution in [3.8, 4) is 0 Å².